The van der Waals surface area contributed by atoms with Crippen molar-refractivity contribution in [2.24, 2.45) is 0 Å². The summed E-state index contributed by atoms with van der Waals surface area (Å²) in [4.78, 5) is 4.58. The van der Waals surface area contributed by atoms with Crippen molar-refractivity contribution < 1.29 is 13.7 Å². The molecule has 0 spiro atoms. The molecule has 0 radical (unpaired) electrons. The minimum Gasteiger partial charge on any atom is -0.309 e. The van der Waals surface area contributed by atoms with Crippen molar-refractivity contribution in [3.63, 3.8) is 0 Å². The van der Waals surface area contributed by atoms with E-state index in [4.69, 9.17) is 13.7 Å². The monoisotopic (exact) mass is 854 g/mol. The van der Waals surface area contributed by atoms with E-state index in [0.717, 1.165) is 110 Å². The van der Waals surface area contributed by atoms with E-state index in [-0.39, 0.29) is 59.5 Å². The van der Waals surface area contributed by atoms with E-state index in [0.29, 0.717) is 11.1 Å². The molecule has 12 aromatic rings. The largest absolute Gasteiger partial charge is 0.309 e. The molecule has 2 heteroatoms. The van der Waals surface area contributed by atoms with Gasteiger partial charge in [-0.2, -0.15) is 0 Å². The molecule has 2 nitrogen and oxygen atoms in total. The molecule has 12 aromatic carbocycles. The predicted octanol–water partition coefficient (Wildman–Crippen LogP) is 18.4. The Kier molecular flexibility index (Phi) is 7.19. The summed E-state index contributed by atoms with van der Waals surface area (Å²) in [6, 6.07) is 50.9. The average Bonchev–Trinajstić information content (AvgIpc) is 3.43. The van der Waals surface area contributed by atoms with Crippen molar-refractivity contribution in [2.75, 3.05) is 9.80 Å². The van der Waals surface area contributed by atoms with Crippen LogP contribution in [0.3, 0.4) is 0 Å². The van der Waals surface area contributed by atoms with Crippen molar-refractivity contribution in [3.8, 4) is 22.3 Å². The Morgan fingerprint density at radius 3 is 1.09 bits per heavy atom. The number of hydrogen-bond acceptors (Lipinski definition) is 2. The Morgan fingerprint density at radius 1 is 0.318 bits per heavy atom. The quantitative estimate of drug-likeness (QED) is 0.141. The number of aryl methyl sites for hydroxylation is 4. The van der Waals surface area contributed by atoms with Crippen molar-refractivity contribution in [1.29, 1.82) is 0 Å². The number of rotatable bonds is 8. The lowest BCUT2D eigenvalue weighted by Crippen LogP contribution is -2.13. The molecule has 0 unspecified atom stereocenters. The molecule has 0 saturated heterocycles. The lowest BCUT2D eigenvalue weighted by Gasteiger charge is -2.32. The summed E-state index contributed by atoms with van der Waals surface area (Å²) < 4.78 is 85.1. The Hall–Kier alpha value is -8.20. The van der Waals surface area contributed by atoms with E-state index in [9.17, 15) is 0 Å². The topological polar surface area (TPSA) is 6.48 Å². The highest BCUT2D eigenvalue weighted by Crippen LogP contribution is 2.50. The maximum absolute atomic E-state index is 8.76. The van der Waals surface area contributed by atoms with Gasteiger partial charge in [-0.1, -0.05) is 181 Å². The van der Waals surface area contributed by atoms with E-state index in [2.05, 4.69) is 147 Å². The second kappa shape index (κ2) is 15.8. The zero-order valence-corrected chi connectivity index (χ0v) is 36.9. The molecular formula is C64H48N2. The van der Waals surface area contributed by atoms with Gasteiger partial charge in [0, 0.05) is 32.9 Å². The van der Waals surface area contributed by atoms with E-state index in [1.165, 1.54) is 0 Å². The van der Waals surface area contributed by atoms with Gasteiger partial charge < -0.3 is 9.80 Å². The van der Waals surface area contributed by atoms with E-state index in [1.54, 1.807) is 0 Å². The van der Waals surface area contributed by atoms with Crippen molar-refractivity contribution in [3.05, 3.63) is 240 Å². The van der Waals surface area contributed by atoms with Crippen LogP contribution < -0.4 is 9.80 Å². The molecule has 0 heterocycles. The van der Waals surface area contributed by atoms with E-state index < -0.39 is 12.1 Å². The molecule has 0 aliphatic carbocycles. The van der Waals surface area contributed by atoms with Gasteiger partial charge in [0.25, 0.3) is 0 Å². The minimum atomic E-state index is -0.431. The van der Waals surface area contributed by atoms with Gasteiger partial charge >= 0.3 is 0 Å². The number of benzene rings is 12. The first-order chi connectivity index (χ1) is 36.5. The highest BCUT2D eigenvalue weighted by atomic mass is 15.2. The first-order valence-electron chi connectivity index (χ1n) is 27.2. The van der Waals surface area contributed by atoms with Gasteiger partial charge in [-0.15, -0.1) is 0 Å². The SMILES string of the molecule is [2H]c1c([2H])c([2H])c(-c2ccc(N(c3c(C)ccc4ccc(C)cc34)c3ccc4ccc5c(N(c6ccc(-c7c([2H])c([2H])c([2H])c([2H])c7[2H])cc6)c6c(C)ccc7ccc(C)cc67)ccc6ccc3c4c65)cc2)c([2H])c1[2H]. The maximum Gasteiger partial charge on any atom is 0.0629 e. The first kappa shape index (κ1) is 30.0. The molecule has 314 valence electrons. The Balaban J connectivity index is 1.10. The summed E-state index contributed by atoms with van der Waals surface area (Å²) in [5.41, 5.74) is 11.1. The van der Waals surface area contributed by atoms with Gasteiger partial charge in [-0.05, 0) is 142 Å². The van der Waals surface area contributed by atoms with Crippen LogP contribution in [0.4, 0.5) is 34.1 Å². The smallest absolute Gasteiger partial charge is 0.0629 e. The van der Waals surface area contributed by atoms with Gasteiger partial charge in [-0.25, -0.2) is 0 Å². The summed E-state index contributed by atoms with van der Waals surface area (Å²) in [6.45, 7) is 8.43. The van der Waals surface area contributed by atoms with Crippen LogP contribution in [0.15, 0.2) is 218 Å². The van der Waals surface area contributed by atoms with Crippen LogP contribution in [0, 0.1) is 27.7 Å². The molecule has 12 rings (SSSR count). The fraction of sp³-hybridized carbons (Fsp3) is 0.0625. The predicted molar refractivity (Wildman–Crippen MR) is 284 cm³/mol. The van der Waals surface area contributed by atoms with Crippen LogP contribution in [0.1, 0.15) is 36.0 Å². The highest BCUT2D eigenvalue weighted by Gasteiger charge is 2.25. The summed E-state index contributed by atoms with van der Waals surface area (Å²) in [7, 11) is 0. The molecule has 0 aromatic heterocycles. The van der Waals surface area contributed by atoms with Crippen LogP contribution in [0.25, 0.3) is 76.1 Å². The van der Waals surface area contributed by atoms with Crippen molar-refractivity contribution in [1.82, 2.24) is 0 Å². The van der Waals surface area contributed by atoms with Crippen molar-refractivity contribution >= 4 is 88.0 Å². The van der Waals surface area contributed by atoms with Gasteiger partial charge in [0.1, 0.15) is 0 Å². The lowest BCUT2D eigenvalue weighted by molar-refractivity contribution is 1.28. The van der Waals surface area contributed by atoms with E-state index in [1.807, 2.05) is 48.5 Å². The fourth-order valence-electron chi connectivity index (χ4n) is 9.93. The highest BCUT2D eigenvalue weighted by molar-refractivity contribution is 6.28. The molecular weight excluding hydrogens is 797 g/mol. The Morgan fingerprint density at radius 2 is 0.682 bits per heavy atom. The standard InChI is InChI=1S/C64H48N2/c1-41-15-19-49-21-17-43(3)63(57(49)39-41)65(53-31-23-47(24-32-53)45-11-7-5-8-12-45)59-37-29-51-28-36-56-60(38-30-52-27-35-55(59)61(51)62(52)56)66(54-33-25-48(26-34-54)46-13-9-6-10-14-46)64-44(4)18-22-50-20-16-42(2)40-58(50)64/h5-40H,1-4H3/i5D,6D,7D,8D,9D,10D,11D,12D,13D,14D. The van der Waals surface area contributed by atoms with Crippen molar-refractivity contribution in [2.45, 2.75) is 27.7 Å². The second-order valence-corrected chi connectivity index (χ2v) is 17.3. The molecule has 0 fully saturated rings. The molecule has 0 bridgehead atoms. The zero-order valence-electron chi connectivity index (χ0n) is 46.9. The van der Waals surface area contributed by atoms with Gasteiger partial charge in [-0.3, -0.25) is 0 Å². The molecule has 0 aliphatic heterocycles. The van der Waals surface area contributed by atoms with Crippen LogP contribution in [0.5, 0.6) is 0 Å². The first-order valence-corrected chi connectivity index (χ1v) is 22.2. The minimum absolute atomic E-state index is 0.146. The second-order valence-electron chi connectivity index (χ2n) is 17.3. The van der Waals surface area contributed by atoms with Gasteiger partial charge in [0.05, 0.1) is 36.5 Å². The number of hydrogen-bond donors (Lipinski definition) is 0. The average molecular weight is 855 g/mol. The fourth-order valence-corrected chi connectivity index (χ4v) is 9.93. The molecule has 0 N–H and O–H groups in total. The summed E-state index contributed by atoms with van der Waals surface area (Å²) in [5, 5.41) is 10.6. The molecule has 66 heavy (non-hydrogen) atoms. The molecule has 0 saturated carbocycles. The van der Waals surface area contributed by atoms with Gasteiger partial charge in [0.15, 0.2) is 0 Å². The third kappa shape index (κ3) is 6.56. The molecule has 0 atom stereocenters. The number of anilines is 6. The maximum atomic E-state index is 8.76. The molecule has 0 aliphatic rings. The van der Waals surface area contributed by atoms with Gasteiger partial charge in [0.2, 0.25) is 0 Å². The summed E-state index contributed by atoms with van der Waals surface area (Å²) in [5.74, 6) is 0. The third-order valence-electron chi connectivity index (χ3n) is 13.1. The lowest BCUT2D eigenvalue weighted by atomic mass is 9.91. The van der Waals surface area contributed by atoms with Crippen LogP contribution in [-0.2, 0) is 0 Å². The normalized spacial score (nSPS) is 13.8. The Bertz CT molecular complexity index is 4050. The van der Waals surface area contributed by atoms with Crippen LogP contribution >= 0.6 is 0 Å². The van der Waals surface area contributed by atoms with E-state index >= 15 is 0 Å². The Labute approximate surface area is 400 Å². The summed E-state index contributed by atoms with van der Waals surface area (Å²) in [6.07, 6.45) is 0. The van der Waals surface area contributed by atoms with Crippen LogP contribution in [0.2, 0.25) is 0 Å². The molecule has 0 amide bonds. The summed E-state index contributed by atoms with van der Waals surface area (Å²) >= 11 is 0. The third-order valence-corrected chi connectivity index (χ3v) is 13.1. The number of nitrogens with zero attached hydrogens (tertiary/aromatic N) is 2. The van der Waals surface area contributed by atoms with Crippen LogP contribution in [-0.4, -0.2) is 0 Å². The number of fused-ring (bicyclic) bond motifs is 2. The zero-order chi connectivity index (χ0) is 53.2.